The lowest BCUT2D eigenvalue weighted by Crippen LogP contribution is -2.17. The number of nitriles is 2. The van der Waals surface area contributed by atoms with E-state index in [2.05, 4.69) is 266 Å². The minimum Gasteiger partial charge on any atom is -0.454 e. The van der Waals surface area contributed by atoms with E-state index in [0.29, 0.717) is 39.5 Å². The van der Waals surface area contributed by atoms with E-state index in [-0.39, 0.29) is 10.8 Å². The van der Waals surface area contributed by atoms with Gasteiger partial charge in [0.15, 0.2) is 5.58 Å². The first-order chi connectivity index (χ1) is 40.9. The zero-order valence-electron chi connectivity index (χ0n) is 47.1. The number of nitrogens with zero attached hydrogens (tertiary/aromatic N) is 6. The summed E-state index contributed by atoms with van der Waals surface area (Å²) in [5, 5.41) is 38.5. The van der Waals surface area contributed by atoms with E-state index >= 15 is 0 Å². The topological polar surface area (TPSA) is 80.4 Å². The Bertz CT molecular complexity index is 5600. The minimum atomic E-state index is -0.187. The van der Waals surface area contributed by atoms with E-state index < -0.39 is 0 Å². The lowest BCUT2D eigenvalue weighted by Gasteiger charge is -2.27. The highest BCUT2D eigenvalue weighted by Crippen LogP contribution is 2.52. The molecule has 0 saturated heterocycles. The summed E-state index contributed by atoms with van der Waals surface area (Å²) in [5.74, 6) is 0. The van der Waals surface area contributed by atoms with Gasteiger partial charge in [0, 0.05) is 69.3 Å². The van der Waals surface area contributed by atoms with Crippen molar-refractivity contribution in [3.63, 3.8) is 0 Å². The molecular formula is C76H52N6OS. The van der Waals surface area contributed by atoms with Crippen LogP contribution in [-0.4, -0.2) is 18.3 Å². The molecule has 84 heavy (non-hydrogen) atoms. The fourth-order valence-corrected chi connectivity index (χ4v) is 15.3. The molecule has 0 bridgehead atoms. The van der Waals surface area contributed by atoms with Gasteiger partial charge in [-0.15, -0.1) is 11.3 Å². The summed E-state index contributed by atoms with van der Waals surface area (Å²) in [4.78, 5) is 0. The molecule has 0 spiro atoms. The van der Waals surface area contributed by atoms with Crippen LogP contribution in [0.3, 0.4) is 0 Å². The van der Waals surface area contributed by atoms with Crippen molar-refractivity contribution in [1.29, 1.82) is 10.5 Å². The van der Waals surface area contributed by atoms with Gasteiger partial charge in [-0.2, -0.15) is 10.5 Å². The molecule has 7 nitrogen and oxygen atoms in total. The van der Waals surface area contributed by atoms with Crippen molar-refractivity contribution >= 4 is 141 Å². The molecule has 0 atom stereocenters. The molecule has 17 aromatic rings. The van der Waals surface area contributed by atoms with E-state index in [1.54, 1.807) is 11.3 Å². The lowest BCUT2D eigenvalue weighted by atomic mass is 9.86. The largest absolute Gasteiger partial charge is 0.454 e. The molecule has 0 fully saturated rings. The fraction of sp³-hybridized carbons (Fsp3) is 0.105. The van der Waals surface area contributed by atoms with Crippen LogP contribution in [0.25, 0.3) is 152 Å². The first-order valence-corrected chi connectivity index (χ1v) is 29.5. The third kappa shape index (κ3) is 6.43. The summed E-state index contributed by atoms with van der Waals surface area (Å²) >= 11 is 1.76. The highest BCUT2D eigenvalue weighted by Gasteiger charge is 2.36. The molecule has 0 saturated carbocycles. The Kier molecular flexibility index (Phi) is 9.84. The Balaban J connectivity index is 1.21. The fourth-order valence-electron chi connectivity index (χ4n) is 14.1. The van der Waals surface area contributed by atoms with Gasteiger partial charge in [0.2, 0.25) is 0 Å². The number of para-hydroxylation sites is 5. The number of benzene rings is 11. The Morgan fingerprint density at radius 3 is 1.25 bits per heavy atom. The highest BCUT2D eigenvalue weighted by molar-refractivity contribution is 7.26. The molecule has 0 aliphatic carbocycles. The van der Waals surface area contributed by atoms with Crippen molar-refractivity contribution in [2.45, 2.75) is 52.4 Å². The number of hydrogen-bond acceptors (Lipinski definition) is 4. The van der Waals surface area contributed by atoms with Gasteiger partial charge in [0.1, 0.15) is 28.8 Å². The van der Waals surface area contributed by atoms with Crippen molar-refractivity contribution in [3.05, 3.63) is 229 Å². The molecule has 17 rings (SSSR count). The molecule has 0 aliphatic heterocycles. The first kappa shape index (κ1) is 48.3. The van der Waals surface area contributed by atoms with E-state index in [1.807, 2.05) is 12.1 Å². The third-order valence-corrected chi connectivity index (χ3v) is 19.1. The molecule has 8 heteroatoms. The first-order valence-electron chi connectivity index (χ1n) is 28.7. The summed E-state index contributed by atoms with van der Waals surface area (Å²) in [6.45, 7) is 13.5. The van der Waals surface area contributed by atoms with Crippen molar-refractivity contribution in [2.24, 2.45) is 0 Å². The molecule has 0 amide bonds. The lowest BCUT2D eigenvalue weighted by molar-refractivity contribution is 0.591. The number of hydrogen-bond donors (Lipinski definition) is 0. The summed E-state index contributed by atoms with van der Waals surface area (Å²) in [7, 11) is 0. The normalized spacial score (nSPS) is 12.6. The van der Waals surface area contributed by atoms with Gasteiger partial charge in [-0.25, -0.2) is 0 Å². The minimum absolute atomic E-state index is 0.170. The summed E-state index contributed by atoms with van der Waals surface area (Å²) in [5.41, 5.74) is 14.0. The van der Waals surface area contributed by atoms with Gasteiger partial charge in [0.05, 0.1) is 71.6 Å². The van der Waals surface area contributed by atoms with Crippen LogP contribution < -0.4 is 0 Å². The van der Waals surface area contributed by atoms with Gasteiger partial charge in [-0.05, 0) is 88.7 Å². The third-order valence-electron chi connectivity index (χ3n) is 18.0. The number of rotatable bonds is 4. The van der Waals surface area contributed by atoms with Crippen LogP contribution in [0.5, 0.6) is 0 Å². The Morgan fingerprint density at radius 2 is 0.750 bits per heavy atom. The highest BCUT2D eigenvalue weighted by atomic mass is 32.1. The monoisotopic (exact) mass is 1100 g/mol. The van der Waals surface area contributed by atoms with Crippen LogP contribution >= 0.6 is 11.3 Å². The zero-order valence-corrected chi connectivity index (χ0v) is 47.9. The maximum atomic E-state index is 13.0. The molecular weight excluding hydrogens is 1040 g/mol. The smallest absolute Gasteiger partial charge is 0.160 e. The van der Waals surface area contributed by atoms with Crippen molar-refractivity contribution in [3.8, 4) is 34.9 Å². The molecule has 0 radical (unpaired) electrons. The van der Waals surface area contributed by atoms with Crippen molar-refractivity contribution in [1.82, 2.24) is 18.3 Å². The predicted molar refractivity (Wildman–Crippen MR) is 351 cm³/mol. The summed E-state index contributed by atoms with van der Waals surface area (Å²) < 4.78 is 18.8. The van der Waals surface area contributed by atoms with Gasteiger partial charge in [-0.3, -0.25) is 0 Å². The molecule has 6 heterocycles. The second kappa shape index (κ2) is 17.1. The van der Waals surface area contributed by atoms with Crippen molar-refractivity contribution in [2.75, 3.05) is 0 Å². The molecule has 11 aromatic carbocycles. The number of aromatic nitrogens is 4. The van der Waals surface area contributed by atoms with E-state index in [9.17, 15) is 10.5 Å². The van der Waals surface area contributed by atoms with Gasteiger partial charge >= 0.3 is 0 Å². The predicted octanol–water partition coefficient (Wildman–Crippen LogP) is 20.7. The van der Waals surface area contributed by atoms with Crippen LogP contribution in [0, 0.1) is 22.7 Å². The van der Waals surface area contributed by atoms with Gasteiger partial charge < -0.3 is 22.7 Å². The molecule has 0 N–H and O–H groups in total. The second-order valence-corrected chi connectivity index (χ2v) is 25.7. The number of furan rings is 1. The Morgan fingerprint density at radius 1 is 0.345 bits per heavy atom. The molecule has 0 unspecified atom stereocenters. The van der Waals surface area contributed by atoms with Gasteiger partial charge in [-0.1, -0.05) is 181 Å². The van der Waals surface area contributed by atoms with Crippen molar-refractivity contribution < 1.29 is 4.42 Å². The summed E-state index contributed by atoms with van der Waals surface area (Å²) in [6, 6.07) is 79.6. The van der Waals surface area contributed by atoms with E-state index in [4.69, 9.17) is 4.42 Å². The van der Waals surface area contributed by atoms with Crippen LogP contribution in [0.15, 0.2) is 211 Å². The second-order valence-electron chi connectivity index (χ2n) is 24.6. The maximum absolute atomic E-state index is 13.0. The van der Waals surface area contributed by atoms with Crippen LogP contribution in [0.2, 0.25) is 0 Å². The quantitative estimate of drug-likeness (QED) is 0.176. The van der Waals surface area contributed by atoms with Crippen LogP contribution in [0.4, 0.5) is 0 Å². The molecule has 0 aliphatic rings. The standard InChI is InChI=1S/C76H52N6OS/c1-75(2,3)43-32-38-64-55(39-43)51-33-35-53-49-23-11-17-29-65(49)83-73(53)70(51)82(64)72-68(79-59-25-13-7-19-45(59)46-20-8-14-26-60(46)79)57(41-77)67(58(42-78)69(72)80-61-27-15-9-21-47(61)48-22-10-16-28-62(48)80)81-63-37-31-44(76(4,5)6)40-56(63)52-34-36-54-50-24-12-18-30-66(50)84-74(54)71(52)81/h7-40H,1-6H3. The zero-order chi connectivity index (χ0) is 56.7. The Hall–Kier alpha value is -10.4. The summed E-state index contributed by atoms with van der Waals surface area (Å²) in [6.07, 6.45) is 0. The maximum Gasteiger partial charge on any atom is 0.160 e. The SMILES string of the molecule is CC(C)(C)c1ccc2c(c1)c1ccc3c4ccccc4oc3c1n2-c1c(-n2c3ccccc3c3ccccc32)c(C#N)c(-n2c3ccc(C(C)(C)C)cc3c3ccc4c5ccccc5sc4c32)c(C#N)c1-n1c2ccccc2c2ccccc21. The van der Waals surface area contributed by atoms with Gasteiger partial charge in [0.25, 0.3) is 0 Å². The van der Waals surface area contributed by atoms with Crippen LogP contribution in [0.1, 0.15) is 63.8 Å². The van der Waals surface area contributed by atoms with Crippen LogP contribution in [-0.2, 0) is 10.8 Å². The van der Waals surface area contributed by atoms with E-state index in [1.165, 1.54) is 15.8 Å². The molecule has 398 valence electrons. The Labute approximate surface area is 486 Å². The number of fused-ring (bicyclic) bond motifs is 20. The average Bonchev–Trinajstić information content (AvgIpc) is 1.59. The average molecular weight is 1100 g/mol. The number of thiophene rings is 1. The molecule has 6 aromatic heterocycles. The van der Waals surface area contributed by atoms with E-state index in [0.717, 1.165) is 119 Å².